The Kier molecular flexibility index (Phi) is 4.39. The number of pyridine rings is 1. The van der Waals surface area contributed by atoms with Crippen molar-refractivity contribution in [3.63, 3.8) is 0 Å². The van der Waals surface area contributed by atoms with Crippen molar-refractivity contribution in [1.82, 2.24) is 4.98 Å². The molecule has 0 aliphatic heterocycles. The summed E-state index contributed by atoms with van der Waals surface area (Å²) in [7, 11) is 0. The largest absolute Gasteiger partial charge is 0.468 e. The molecule has 0 aliphatic rings. The summed E-state index contributed by atoms with van der Waals surface area (Å²) in [6.45, 7) is 3.84. The first-order valence-corrected chi connectivity index (χ1v) is 5.55. The van der Waals surface area contributed by atoms with E-state index in [4.69, 9.17) is 0 Å². The summed E-state index contributed by atoms with van der Waals surface area (Å²) >= 11 is 0. The maximum absolute atomic E-state index is 11.9. The molecule has 7 heteroatoms. The van der Waals surface area contributed by atoms with Gasteiger partial charge in [0.2, 0.25) is 11.8 Å². The van der Waals surface area contributed by atoms with Crippen molar-refractivity contribution in [2.75, 3.05) is 11.9 Å². The number of alkyl halides is 3. The van der Waals surface area contributed by atoms with Gasteiger partial charge >= 0.3 is 6.18 Å². The molecule has 1 rings (SSSR count). The molecule has 0 fully saturated rings. The van der Waals surface area contributed by atoms with Gasteiger partial charge in [0.1, 0.15) is 0 Å². The van der Waals surface area contributed by atoms with Gasteiger partial charge in [0.25, 0.3) is 0 Å². The zero-order valence-electron chi connectivity index (χ0n) is 10.8. The summed E-state index contributed by atoms with van der Waals surface area (Å²) in [5.74, 6) is -0.357. The van der Waals surface area contributed by atoms with Crippen LogP contribution in [0, 0.1) is 5.41 Å². The Hall–Kier alpha value is -1.79. The molecule has 19 heavy (non-hydrogen) atoms. The maximum Gasteiger partial charge on any atom is 0.422 e. The van der Waals surface area contributed by atoms with Crippen molar-refractivity contribution < 1.29 is 22.7 Å². The van der Waals surface area contributed by atoms with Crippen LogP contribution < -0.4 is 10.1 Å². The highest BCUT2D eigenvalue weighted by Crippen LogP contribution is 2.20. The highest BCUT2D eigenvalue weighted by atomic mass is 19.4. The van der Waals surface area contributed by atoms with Gasteiger partial charge in [-0.2, -0.15) is 13.2 Å². The molecule has 0 radical (unpaired) electrons. The van der Waals surface area contributed by atoms with Crippen molar-refractivity contribution in [1.29, 1.82) is 0 Å². The first-order valence-electron chi connectivity index (χ1n) is 5.55. The lowest BCUT2D eigenvalue weighted by Crippen LogP contribution is -2.27. The summed E-state index contributed by atoms with van der Waals surface area (Å²) < 4.78 is 40.2. The third-order valence-corrected chi connectivity index (χ3v) is 2.06. The number of anilines is 1. The van der Waals surface area contributed by atoms with Gasteiger partial charge in [-0.1, -0.05) is 20.8 Å². The second-order valence-electron chi connectivity index (χ2n) is 4.99. The lowest BCUT2D eigenvalue weighted by atomic mass is 9.96. The number of aromatic nitrogens is 1. The van der Waals surface area contributed by atoms with Gasteiger partial charge in [-0.3, -0.25) is 4.79 Å². The Labute approximate surface area is 109 Å². The molecule has 0 saturated carbocycles. The first-order chi connectivity index (χ1) is 8.58. The molecule has 0 aromatic carbocycles. The molecule has 0 saturated heterocycles. The van der Waals surface area contributed by atoms with Crippen LogP contribution >= 0.6 is 0 Å². The van der Waals surface area contributed by atoms with E-state index >= 15 is 0 Å². The van der Waals surface area contributed by atoms with E-state index in [1.54, 1.807) is 20.8 Å². The normalized spacial score (nSPS) is 12.1. The van der Waals surface area contributed by atoms with Crippen molar-refractivity contribution in [2.24, 2.45) is 5.41 Å². The van der Waals surface area contributed by atoms with Crippen LogP contribution in [0.25, 0.3) is 0 Å². The topological polar surface area (TPSA) is 51.2 Å². The summed E-state index contributed by atoms with van der Waals surface area (Å²) in [6, 6.07) is 2.70. The maximum atomic E-state index is 11.9. The molecule has 106 valence electrons. The van der Waals surface area contributed by atoms with Crippen LogP contribution in [0.1, 0.15) is 20.8 Å². The zero-order valence-corrected chi connectivity index (χ0v) is 10.8. The summed E-state index contributed by atoms with van der Waals surface area (Å²) in [5.41, 5.74) is -0.162. The van der Waals surface area contributed by atoms with Crippen molar-refractivity contribution in [3.05, 3.63) is 18.3 Å². The van der Waals surface area contributed by atoms with E-state index in [-0.39, 0.29) is 11.8 Å². The van der Waals surface area contributed by atoms with Crippen LogP contribution in [-0.2, 0) is 4.79 Å². The van der Waals surface area contributed by atoms with Crippen LogP contribution in [-0.4, -0.2) is 23.7 Å². The molecule has 0 bridgehead atoms. The van der Waals surface area contributed by atoms with Crippen molar-refractivity contribution in [3.8, 4) is 5.88 Å². The predicted octanol–water partition coefficient (Wildman–Crippen LogP) is 3.01. The van der Waals surface area contributed by atoms with E-state index in [1.807, 2.05) is 0 Å². The van der Waals surface area contributed by atoms with Crippen LogP contribution in [0.15, 0.2) is 18.3 Å². The highest BCUT2D eigenvalue weighted by molar-refractivity contribution is 5.94. The van der Waals surface area contributed by atoms with Gasteiger partial charge in [-0.05, 0) is 6.07 Å². The molecule has 4 nitrogen and oxygen atoms in total. The van der Waals surface area contributed by atoms with E-state index in [0.29, 0.717) is 5.69 Å². The Morgan fingerprint density at radius 1 is 1.32 bits per heavy atom. The number of hydrogen-bond acceptors (Lipinski definition) is 3. The third kappa shape index (κ3) is 5.58. The molecule has 0 atom stereocenters. The van der Waals surface area contributed by atoms with E-state index in [1.165, 1.54) is 18.3 Å². The fourth-order valence-corrected chi connectivity index (χ4v) is 1.01. The van der Waals surface area contributed by atoms with Crippen LogP contribution in [0.2, 0.25) is 0 Å². The number of carbonyl (C=O) groups excluding carboxylic acids is 1. The highest BCUT2D eigenvalue weighted by Gasteiger charge is 2.28. The molecular weight excluding hydrogens is 261 g/mol. The fourth-order valence-electron chi connectivity index (χ4n) is 1.01. The molecule has 0 spiro atoms. The number of carbonyl (C=O) groups is 1. The van der Waals surface area contributed by atoms with Gasteiger partial charge in [-0.25, -0.2) is 4.98 Å². The van der Waals surface area contributed by atoms with Gasteiger partial charge in [-0.15, -0.1) is 0 Å². The molecule has 0 aliphatic carbocycles. The first kappa shape index (κ1) is 15.3. The second kappa shape index (κ2) is 5.46. The Balaban J connectivity index is 2.60. The third-order valence-electron chi connectivity index (χ3n) is 2.06. The number of ether oxygens (including phenoxy) is 1. The van der Waals surface area contributed by atoms with E-state index < -0.39 is 18.2 Å². The molecule has 1 heterocycles. The summed E-state index contributed by atoms with van der Waals surface area (Å²) in [6.07, 6.45) is -3.16. The van der Waals surface area contributed by atoms with Crippen LogP contribution in [0.5, 0.6) is 5.88 Å². The van der Waals surface area contributed by atoms with Crippen LogP contribution in [0.4, 0.5) is 18.9 Å². The fraction of sp³-hybridized carbons (Fsp3) is 0.500. The molecule has 1 aromatic rings. The summed E-state index contributed by atoms with van der Waals surface area (Å²) in [5, 5.41) is 2.60. The quantitative estimate of drug-likeness (QED) is 0.923. The lowest BCUT2D eigenvalue weighted by Gasteiger charge is -2.17. The monoisotopic (exact) mass is 276 g/mol. The number of nitrogens with zero attached hydrogens (tertiary/aromatic N) is 1. The Morgan fingerprint density at radius 3 is 2.37 bits per heavy atom. The number of amides is 1. The van der Waals surface area contributed by atoms with Gasteiger partial charge in [0, 0.05) is 11.5 Å². The standard InChI is InChI=1S/C12H15F3N2O2/c1-11(2,3)10(18)17-8-4-5-9(16-6-8)19-7-12(13,14)15/h4-6H,7H2,1-3H3,(H,17,18). The molecule has 0 unspecified atom stereocenters. The van der Waals surface area contributed by atoms with Crippen molar-refractivity contribution >= 4 is 11.6 Å². The summed E-state index contributed by atoms with van der Waals surface area (Å²) in [4.78, 5) is 15.3. The predicted molar refractivity (Wildman–Crippen MR) is 63.9 cm³/mol. The number of rotatable bonds is 3. The number of nitrogens with one attached hydrogen (secondary N) is 1. The lowest BCUT2D eigenvalue weighted by molar-refractivity contribution is -0.154. The van der Waals surface area contributed by atoms with Crippen molar-refractivity contribution in [2.45, 2.75) is 26.9 Å². The van der Waals surface area contributed by atoms with Gasteiger partial charge in [0.15, 0.2) is 6.61 Å². The average molecular weight is 276 g/mol. The minimum atomic E-state index is -4.40. The Bertz CT molecular complexity index is 436. The smallest absolute Gasteiger partial charge is 0.422 e. The average Bonchev–Trinajstić information content (AvgIpc) is 2.26. The van der Waals surface area contributed by atoms with Gasteiger partial charge < -0.3 is 10.1 Å². The minimum Gasteiger partial charge on any atom is -0.468 e. The molecule has 1 N–H and O–H groups in total. The van der Waals surface area contributed by atoms with E-state index in [9.17, 15) is 18.0 Å². The van der Waals surface area contributed by atoms with Crippen LogP contribution in [0.3, 0.4) is 0 Å². The molecule has 1 aromatic heterocycles. The number of halogens is 3. The number of hydrogen-bond donors (Lipinski definition) is 1. The van der Waals surface area contributed by atoms with Gasteiger partial charge in [0.05, 0.1) is 11.9 Å². The minimum absolute atomic E-state index is 0.147. The SMILES string of the molecule is CC(C)(C)C(=O)Nc1ccc(OCC(F)(F)F)nc1. The van der Waals surface area contributed by atoms with E-state index in [2.05, 4.69) is 15.0 Å². The second-order valence-corrected chi connectivity index (χ2v) is 4.99. The van der Waals surface area contributed by atoms with E-state index in [0.717, 1.165) is 0 Å². The molecule has 1 amide bonds. The zero-order chi connectivity index (χ0) is 14.7. The Morgan fingerprint density at radius 2 is 1.95 bits per heavy atom. The molecular formula is C12H15F3N2O2.